The summed E-state index contributed by atoms with van der Waals surface area (Å²) in [6.07, 6.45) is 3.95. The number of hydrogen-bond donors (Lipinski definition) is 1. The minimum absolute atomic E-state index is 0.0127. The van der Waals surface area contributed by atoms with Crippen molar-refractivity contribution < 1.29 is 9.53 Å². The number of H-pyrrole nitrogens is 1. The molecule has 0 saturated heterocycles. The molecule has 0 radical (unpaired) electrons. The van der Waals surface area contributed by atoms with Crippen LogP contribution in [0.3, 0.4) is 0 Å². The Balaban J connectivity index is 1.57. The van der Waals surface area contributed by atoms with E-state index in [1.165, 1.54) is 0 Å². The van der Waals surface area contributed by atoms with Crippen molar-refractivity contribution in [2.24, 2.45) is 0 Å². The third-order valence-corrected chi connectivity index (χ3v) is 4.11. The van der Waals surface area contributed by atoms with Crippen LogP contribution in [0.25, 0.3) is 11.0 Å². The second-order valence-corrected chi connectivity index (χ2v) is 5.86. The summed E-state index contributed by atoms with van der Waals surface area (Å²) in [7, 11) is 0. The number of rotatable bonds is 7. The molecule has 3 rings (SSSR count). The van der Waals surface area contributed by atoms with E-state index in [1.807, 2.05) is 32.0 Å². The predicted molar refractivity (Wildman–Crippen MR) is 96.5 cm³/mol. The summed E-state index contributed by atoms with van der Waals surface area (Å²) < 4.78 is 5.49. The summed E-state index contributed by atoms with van der Waals surface area (Å²) in [5, 5.41) is 0. The molecule has 6 heteroatoms. The average Bonchev–Trinajstić information content (AvgIpc) is 3.06. The molecular formula is C19H22N4O2. The second kappa shape index (κ2) is 7.79. The summed E-state index contributed by atoms with van der Waals surface area (Å²) in [5.74, 6) is 1.45. The van der Waals surface area contributed by atoms with Crippen molar-refractivity contribution in [3.8, 4) is 5.75 Å². The van der Waals surface area contributed by atoms with E-state index in [2.05, 4.69) is 15.0 Å². The molecule has 2 heterocycles. The molecule has 0 aliphatic rings. The van der Waals surface area contributed by atoms with Crippen molar-refractivity contribution in [3.63, 3.8) is 0 Å². The van der Waals surface area contributed by atoms with Gasteiger partial charge in [-0.2, -0.15) is 0 Å². The standard InChI is InChI=1S/C19H22N4O2/c1-3-23(18(24)13-25-15-7-5-10-20-12-15)11-9-17-21-16-8-4-6-14(2)19(16)22-17/h4-8,10,12H,3,9,11,13H2,1-2H3,(H,21,22). The molecule has 0 unspecified atom stereocenters. The molecule has 1 N–H and O–H groups in total. The summed E-state index contributed by atoms with van der Waals surface area (Å²) in [6.45, 7) is 5.26. The fourth-order valence-corrected chi connectivity index (χ4v) is 2.71. The van der Waals surface area contributed by atoms with Crippen LogP contribution < -0.4 is 4.74 Å². The van der Waals surface area contributed by atoms with Crippen LogP contribution in [0.15, 0.2) is 42.7 Å². The highest BCUT2D eigenvalue weighted by Crippen LogP contribution is 2.15. The lowest BCUT2D eigenvalue weighted by Crippen LogP contribution is -2.36. The van der Waals surface area contributed by atoms with Gasteiger partial charge in [0.1, 0.15) is 11.6 Å². The topological polar surface area (TPSA) is 71.1 Å². The van der Waals surface area contributed by atoms with Crippen LogP contribution in [0, 0.1) is 6.92 Å². The second-order valence-electron chi connectivity index (χ2n) is 5.86. The summed E-state index contributed by atoms with van der Waals surface area (Å²) in [4.78, 5) is 26.1. The number of fused-ring (bicyclic) bond motifs is 1. The highest BCUT2D eigenvalue weighted by molar-refractivity contribution is 5.79. The number of imidazole rings is 1. The average molecular weight is 338 g/mol. The van der Waals surface area contributed by atoms with Gasteiger partial charge in [-0.25, -0.2) is 4.98 Å². The highest BCUT2D eigenvalue weighted by Gasteiger charge is 2.14. The molecule has 0 spiro atoms. The highest BCUT2D eigenvalue weighted by atomic mass is 16.5. The lowest BCUT2D eigenvalue weighted by Gasteiger charge is -2.20. The van der Waals surface area contributed by atoms with Gasteiger partial charge in [0.05, 0.1) is 17.2 Å². The number of carbonyl (C=O) groups excluding carboxylic acids is 1. The first-order valence-corrected chi connectivity index (χ1v) is 8.42. The Morgan fingerprint density at radius 1 is 1.28 bits per heavy atom. The molecule has 0 saturated carbocycles. The maximum absolute atomic E-state index is 12.3. The number of ether oxygens (including phenoxy) is 1. The number of likely N-dealkylation sites (N-methyl/N-ethyl adjacent to an activating group) is 1. The molecule has 2 aromatic heterocycles. The van der Waals surface area contributed by atoms with Gasteiger partial charge < -0.3 is 14.6 Å². The van der Waals surface area contributed by atoms with Crippen molar-refractivity contribution in [1.29, 1.82) is 0 Å². The quantitative estimate of drug-likeness (QED) is 0.719. The Morgan fingerprint density at radius 2 is 2.16 bits per heavy atom. The Bertz CT molecular complexity index is 845. The largest absolute Gasteiger partial charge is 0.482 e. The number of nitrogens with zero attached hydrogens (tertiary/aromatic N) is 3. The van der Waals surface area contributed by atoms with Gasteiger partial charge in [-0.3, -0.25) is 9.78 Å². The molecule has 0 atom stereocenters. The van der Waals surface area contributed by atoms with Crippen LogP contribution in [0.4, 0.5) is 0 Å². The van der Waals surface area contributed by atoms with E-state index >= 15 is 0 Å². The third-order valence-electron chi connectivity index (χ3n) is 4.11. The normalized spacial score (nSPS) is 10.8. The fourth-order valence-electron chi connectivity index (χ4n) is 2.71. The third kappa shape index (κ3) is 4.15. The molecule has 3 aromatic rings. The van der Waals surface area contributed by atoms with Crippen LogP contribution in [-0.4, -0.2) is 45.5 Å². The van der Waals surface area contributed by atoms with Gasteiger partial charge in [0.25, 0.3) is 5.91 Å². The lowest BCUT2D eigenvalue weighted by atomic mass is 10.2. The summed E-state index contributed by atoms with van der Waals surface area (Å²) in [5.41, 5.74) is 3.17. The number of aromatic nitrogens is 3. The van der Waals surface area contributed by atoms with E-state index in [0.29, 0.717) is 25.3 Å². The van der Waals surface area contributed by atoms with E-state index in [1.54, 1.807) is 29.4 Å². The zero-order valence-corrected chi connectivity index (χ0v) is 14.5. The summed E-state index contributed by atoms with van der Waals surface area (Å²) >= 11 is 0. The molecule has 1 amide bonds. The van der Waals surface area contributed by atoms with Crippen molar-refractivity contribution in [2.75, 3.05) is 19.7 Å². The number of hydrogen-bond acceptors (Lipinski definition) is 4. The Morgan fingerprint density at radius 3 is 2.88 bits per heavy atom. The van der Waals surface area contributed by atoms with Crippen LogP contribution in [-0.2, 0) is 11.2 Å². The molecule has 25 heavy (non-hydrogen) atoms. The minimum Gasteiger partial charge on any atom is -0.482 e. The van der Waals surface area contributed by atoms with Gasteiger partial charge in [0.2, 0.25) is 0 Å². The smallest absolute Gasteiger partial charge is 0.260 e. The van der Waals surface area contributed by atoms with Crippen LogP contribution in [0.5, 0.6) is 5.75 Å². The molecule has 0 aliphatic heterocycles. The molecular weight excluding hydrogens is 316 g/mol. The van der Waals surface area contributed by atoms with Gasteiger partial charge in [-0.1, -0.05) is 12.1 Å². The number of amides is 1. The summed E-state index contributed by atoms with van der Waals surface area (Å²) in [6, 6.07) is 9.64. The van der Waals surface area contributed by atoms with Crippen molar-refractivity contribution in [1.82, 2.24) is 19.9 Å². The fraction of sp³-hybridized carbons (Fsp3) is 0.316. The van der Waals surface area contributed by atoms with Gasteiger partial charge in [0.15, 0.2) is 6.61 Å². The SMILES string of the molecule is CCN(CCc1nc2c(C)cccc2[nH]1)C(=O)COc1cccnc1. The first-order chi connectivity index (χ1) is 12.2. The van der Waals surface area contributed by atoms with Crippen LogP contribution >= 0.6 is 0 Å². The molecule has 6 nitrogen and oxygen atoms in total. The Kier molecular flexibility index (Phi) is 5.28. The van der Waals surface area contributed by atoms with E-state index < -0.39 is 0 Å². The van der Waals surface area contributed by atoms with Gasteiger partial charge in [0, 0.05) is 25.7 Å². The molecule has 0 bridgehead atoms. The zero-order valence-electron chi connectivity index (χ0n) is 14.5. The Hall–Kier alpha value is -2.89. The zero-order chi connectivity index (χ0) is 17.6. The maximum Gasteiger partial charge on any atom is 0.260 e. The number of benzene rings is 1. The lowest BCUT2D eigenvalue weighted by molar-refractivity contribution is -0.133. The number of para-hydroxylation sites is 1. The van der Waals surface area contributed by atoms with Gasteiger partial charge >= 0.3 is 0 Å². The van der Waals surface area contributed by atoms with E-state index in [-0.39, 0.29) is 12.5 Å². The molecule has 1 aromatic carbocycles. The van der Waals surface area contributed by atoms with Crippen LogP contribution in [0.2, 0.25) is 0 Å². The first-order valence-electron chi connectivity index (χ1n) is 8.42. The minimum atomic E-state index is -0.0429. The first kappa shape index (κ1) is 17.0. The van der Waals surface area contributed by atoms with Crippen molar-refractivity contribution in [2.45, 2.75) is 20.3 Å². The molecule has 0 fully saturated rings. The van der Waals surface area contributed by atoms with Crippen molar-refractivity contribution >= 4 is 16.9 Å². The number of nitrogens with one attached hydrogen (secondary N) is 1. The number of aromatic amines is 1. The number of carbonyl (C=O) groups is 1. The number of aryl methyl sites for hydroxylation is 1. The van der Waals surface area contributed by atoms with E-state index in [0.717, 1.165) is 22.4 Å². The van der Waals surface area contributed by atoms with Gasteiger partial charge in [-0.15, -0.1) is 0 Å². The Labute approximate surface area is 146 Å². The van der Waals surface area contributed by atoms with E-state index in [4.69, 9.17) is 4.74 Å². The monoisotopic (exact) mass is 338 g/mol. The van der Waals surface area contributed by atoms with Crippen LogP contribution in [0.1, 0.15) is 18.3 Å². The molecule has 0 aliphatic carbocycles. The number of pyridine rings is 1. The van der Waals surface area contributed by atoms with Gasteiger partial charge in [-0.05, 0) is 37.6 Å². The predicted octanol–water partition coefficient (Wildman–Crippen LogP) is 2.74. The maximum atomic E-state index is 12.3. The van der Waals surface area contributed by atoms with E-state index in [9.17, 15) is 4.79 Å². The molecule has 130 valence electrons. The van der Waals surface area contributed by atoms with Crippen molar-refractivity contribution in [3.05, 3.63) is 54.1 Å².